The van der Waals surface area contributed by atoms with E-state index in [0.717, 1.165) is 28.3 Å². The summed E-state index contributed by atoms with van der Waals surface area (Å²) in [6, 6.07) is 25.2. The molecule has 0 saturated heterocycles. The quantitative estimate of drug-likeness (QED) is 0.353. The summed E-state index contributed by atoms with van der Waals surface area (Å²) in [6.07, 6.45) is 0. The van der Waals surface area contributed by atoms with Crippen LogP contribution in [0.3, 0.4) is 0 Å². The van der Waals surface area contributed by atoms with E-state index in [4.69, 9.17) is 9.47 Å². The Morgan fingerprint density at radius 2 is 1.68 bits per heavy atom. The molecule has 8 heteroatoms. The number of nitrogens with zero attached hydrogens (tertiary/aromatic N) is 3. The maximum absolute atomic E-state index is 12.8. The summed E-state index contributed by atoms with van der Waals surface area (Å²) < 4.78 is 12.5. The smallest absolute Gasteiger partial charge is 0.233 e. The van der Waals surface area contributed by atoms with Crippen molar-refractivity contribution in [1.82, 2.24) is 20.1 Å². The molecular weight excluding hydrogens is 448 g/mol. The molecule has 0 spiro atoms. The number of rotatable bonds is 9. The molecule has 1 atom stereocenters. The van der Waals surface area contributed by atoms with Crippen LogP contribution in [0.4, 0.5) is 0 Å². The molecule has 34 heavy (non-hydrogen) atoms. The number of carbonyl (C=O) groups excluding carboxylic acids is 1. The van der Waals surface area contributed by atoms with Crippen molar-refractivity contribution < 1.29 is 14.3 Å². The van der Waals surface area contributed by atoms with E-state index >= 15 is 0 Å². The van der Waals surface area contributed by atoms with Gasteiger partial charge in [0.1, 0.15) is 11.5 Å². The van der Waals surface area contributed by atoms with Gasteiger partial charge in [-0.15, -0.1) is 10.2 Å². The average Bonchev–Trinajstić information content (AvgIpc) is 3.31. The van der Waals surface area contributed by atoms with Crippen LogP contribution in [-0.4, -0.2) is 40.1 Å². The maximum Gasteiger partial charge on any atom is 0.233 e. The zero-order valence-electron chi connectivity index (χ0n) is 19.3. The van der Waals surface area contributed by atoms with Crippen LogP contribution in [0.5, 0.6) is 11.5 Å². The summed E-state index contributed by atoms with van der Waals surface area (Å²) in [5, 5.41) is 12.1. The van der Waals surface area contributed by atoms with Crippen molar-refractivity contribution in [3.63, 3.8) is 0 Å². The molecule has 1 aromatic heterocycles. The molecule has 0 saturated carbocycles. The monoisotopic (exact) mass is 474 g/mol. The van der Waals surface area contributed by atoms with Crippen molar-refractivity contribution in [2.45, 2.75) is 23.9 Å². The third-order valence-corrected chi connectivity index (χ3v) is 6.30. The summed E-state index contributed by atoms with van der Waals surface area (Å²) in [4.78, 5) is 12.8. The van der Waals surface area contributed by atoms with Crippen molar-refractivity contribution in [3.8, 4) is 28.6 Å². The Balaban J connectivity index is 1.54. The second-order valence-electron chi connectivity index (χ2n) is 7.54. The van der Waals surface area contributed by atoms with Gasteiger partial charge in [0.05, 0.1) is 19.5 Å². The SMILES string of the molecule is COc1ccc(CNC(=O)C(C)Sc2nnc(-c3cccc(OC)c3)n2-c2ccccc2)cc1. The summed E-state index contributed by atoms with van der Waals surface area (Å²) in [7, 11) is 3.26. The maximum atomic E-state index is 12.8. The number of benzene rings is 3. The van der Waals surface area contributed by atoms with Crippen molar-refractivity contribution >= 4 is 17.7 Å². The lowest BCUT2D eigenvalue weighted by molar-refractivity contribution is -0.120. The van der Waals surface area contributed by atoms with E-state index in [9.17, 15) is 4.79 Å². The number of para-hydroxylation sites is 1. The Morgan fingerprint density at radius 3 is 2.38 bits per heavy atom. The van der Waals surface area contributed by atoms with Crippen molar-refractivity contribution in [2.75, 3.05) is 14.2 Å². The largest absolute Gasteiger partial charge is 0.497 e. The van der Waals surface area contributed by atoms with Gasteiger partial charge >= 0.3 is 0 Å². The molecule has 0 aliphatic heterocycles. The number of carbonyl (C=O) groups is 1. The molecule has 0 fully saturated rings. The highest BCUT2D eigenvalue weighted by Crippen LogP contribution is 2.31. The molecule has 1 N–H and O–H groups in total. The van der Waals surface area contributed by atoms with Crippen LogP contribution in [0.1, 0.15) is 12.5 Å². The molecule has 0 aliphatic carbocycles. The predicted octanol–water partition coefficient (Wildman–Crippen LogP) is 4.75. The standard InChI is InChI=1S/C26H26N4O3S/c1-18(25(31)27-17-19-12-14-22(32-2)15-13-19)34-26-29-28-24(20-8-7-11-23(16-20)33-3)30(26)21-9-5-4-6-10-21/h4-16,18H,17H2,1-3H3,(H,27,31). The van der Waals surface area contributed by atoms with E-state index in [1.54, 1.807) is 14.2 Å². The highest BCUT2D eigenvalue weighted by molar-refractivity contribution is 8.00. The number of hydrogen-bond donors (Lipinski definition) is 1. The normalized spacial score (nSPS) is 11.6. The molecule has 3 aromatic carbocycles. The average molecular weight is 475 g/mol. The zero-order chi connectivity index (χ0) is 23.9. The van der Waals surface area contributed by atoms with Crippen molar-refractivity contribution in [3.05, 3.63) is 84.4 Å². The van der Waals surface area contributed by atoms with E-state index in [2.05, 4.69) is 15.5 Å². The summed E-state index contributed by atoms with van der Waals surface area (Å²) in [5.74, 6) is 2.12. The van der Waals surface area contributed by atoms with E-state index < -0.39 is 0 Å². The third-order valence-electron chi connectivity index (χ3n) is 5.25. The van der Waals surface area contributed by atoms with E-state index in [1.807, 2.05) is 90.4 Å². The predicted molar refractivity (Wildman–Crippen MR) is 134 cm³/mol. The summed E-state index contributed by atoms with van der Waals surface area (Å²) >= 11 is 1.37. The molecule has 0 bridgehead atoms. The number of methoxy groups -OCH3 is 2. The van der Waals surface area contributed by atoms with Gasteiger partial charge in [0, 0.05) is 17.8 Å². The third kappa shape index (κ3) is 5.40. The fourth-order valence-corrected chi connectivity index (χ4v) is 4.29. The molecule has 1 unspecified atom stereocenters. The van der Waals surface area contributed by atoms with Gasteiger partial charge in [-0.25, -0.2) is 0 Å². The van der Waals surface area contributed by atoms with Crippen LogP contribution in [-0.2, 0) is 11.3 Å². The van der Waals surface area contributed by atoms with E-state index in [0.29, 0.717) is 17.5 Å². The fourth-order valence-electron chi connectivity index (χ4n) is 3.39. The second kappa shape index (κ2) is 10.9. The lowest BCUT2D eigenvalue weighted by Gasteiger charge is -2.14. The number of thioether (sulfide) groups is 1. The minimum absolute atomic E-state index is 0.0774. The van der Waals surface area contributed by atoms with Gasteiger partial charge < -0.3 is 14.8 Å². The first kappa shape index (κ1) is 23.4. The Bertz CT molecular complexity index is 1240. The number of nitrogens with one attached hydrogen (secondary N) is 1. The Labute approximate surface area is 203 Å². The molecule has 1 heterocycles. The van der Waals surface area contributed by atoms with Gasteiger partial charge in [-0.3, -0.25) is 9.36 Å². The van der Waals surface area contributed by atoms with Crippen LogP contribution in [0, 0.1) is 0 Å². The fraction of sp³-hybridized carbons (Fsp3) is 0.192. The topological polar surface area (TPSA) is 78.3 Å². The van der Waals surface area contributed by atoms with Gasteiger partial charge in [0.2, 0.25) is 5.91 Å². The second-order valence-corrected chi connectivity index (χ2v) is 8.84. The first-order valence-corrected chi connectivity index (χ1v) is 11.7. The number of hydrogen-bond acceptors (Lipinski definition) is 6. The van der Waals surface area contributed by atoms with Crippen molar-refractivity contribution in [1.29, 1.82) is 0 Å². The first-order valence-electron chi connectivity index (χ1n) is 10.8. The minimum Gasteiger partial charge on any atom is -0.497 e. The molecule has 4 rings (SSSR count). The highest BCUT2D eigenvalue weighted by Gasteiger charge is 2.22. The highest BCUT2D eigenvalue weighted by atomic mass is 32.2. The lowest BCUT2D eigenvalue weighted by Crippen LogP contribution is -2.30. The summed E-state index contributed by atoms with van der Waals surface area (Å²) in [6.45, 7) is 2.30. The zero-order valence-corrected chi connectivity index (χ0v) is 20.1. The van der Waals surface area contributed by atoms with Crippen molar-refractivity contribution in [2.24, 2.45) is 0 Å². The molecule has 7 nitrogen and oxygen atoms in total. The van der Waals surface area contributed by atoms with Crippen LogP contribution in [0.2, 0.25) is 0 Å². The number of ether oxygens (including phenoxy) is 2. The van der Waals surface area contributed by atoms with Gasteiger partial charge in [0.15, 0.2) is 11.0 Å². The van der Waals surface area contributed by atoms with Crippen LogP contribution >= 0.6 is 11.8 Å². The minimum atomic E-state index is -0.372. The van der Waals surface area contributed by atoms with Crippen LogP contribution in [0.15, 0.2) is 84.0 Å². The Morgan fingerprint density at radius 1 is 0.941 bits per heavy atom. The Kier molecular flexibility index (Phi) is 7.49. The van der Waals surface area contributed by atoms with Gasteiger partial charge in [0.25, 0.3) is 0 Å². The number of amides is 1. The summed E-state index contributed by atoms with van der Waals surface area (Å²) in [5.41, 5.74) is 2.79. The van der Waals surface area contributed by atoms with E-state index in [1.165, 1.54) is 11.8 Å². The lowest BCUT2D eigenvalue weighted by atomic mass is 10.2. The molecule has 1 amide bonds. The van der Waals surface area contributed by atoms with Gasteiger partial charge in [-0.2, -0.15) is 0 Å². The number of aromatic nitrogens is 3. The van der Waals surface area contributed by atoms with E-state index in [-0.39, 0.29) is 11.2 Å². The molecule has 4 aromatic rings. The molecule has 0 radical (unpaired) electrons. The van der Waals surface area contributed by atoms with Gasteiger partial charge in [-0.05, 0) is 48.9 Å². The molecular formula is C26H26N4O3S. The van der Waals surface area contributed by atoms with Crippen LogP contribution < -0.4 is 14.8 Å². The molecule has 174 valence electrons. The first-order chi connectivity index (χ1) is 16.6. The Hall–Kier alpha value is -3.78. The van der Waals surface area contributed by atoms with Crippen LogP contribution in [0.25, 0.3) is 17.1 Å². The molecule has 0 aliphatic rings. The van der Waals surface area contributed by atoms with Gasteiger partial charge in [-0.1, -0.05) is 54.2 Å².